The number of aromatic nitrogens is 7. The number of pyridine rings is 1. The molecule has 42 heavy (non-hydrogen) atoms. The van der Waals surface area contributed by atoms with E-state index >= 15 is 0 Å². The van der Waals surface area contributed by atoms with Gasteiger partial charge in [0.2, 0.25) is 0 Å². The summed E-state index contributed by atoms with van der Waals surface area (Å²) in [7, 11) is 0. The first kappa shape index (κ1) is 27.3. The van der Waals surface area contributed by atoms with Crippen LogP contribution >= 0.6 is 11.6 Å². The van der Waals surface area contributed by atoms with Crippen LogP contribution in [0.4, 0.5) is 26.3 Å². The number of nitrogens with zero attached hydrogens (tertiary/aromatic N) is 7. The van der Waals surface area contributed by atoms with Gasteiger partial charge in [0.15, 0.2) is 5.76 Å². The van der Waals surface area contributed by atoms with Gasteiger partial charge in [0.1, 0.15) is 28.3 Å². The summed E-state index contributed by atoms with van der Waals surface area (Å²) in [5.74, 6) is 0.269. The fraction of sp³-hybridized carbons (Fsp3) is 0.111. The van der Waals surface area contributed by atoms with Gasteiger partial charge in [-0.1, -0.05) is 34.1 Å². The number of alkyl halides is 6. The van der Waals surface area contributed by atoms with Gasteiger partial charge in [0, 0.05) is 24.2 Å². The van der Waals surface area contributed by atoms with Crippen LogP contribution in [0.25, 0.3) is 45.0 Å². The molecule has 0 aliphatic rings. The summed E-state index contributed by atoms with van der Waals surface area (Å²) in [6.45, 7) is -0.511. The molecule has 212 valence electrons. The van der Waals surface area contributed by atoms with Crippen LogP contribution in [0.1, 0.15) is 16.7 Å². The first-order chi connectivity index (χ1) is 20.0. The molecule has 0 atom stereocenters. The summed E-state index contributed by atoms with van der Waals surface area (Å²) in [5, 5.41) is 13.2. The van der Waals surface area contributed by atoms with E-state index in [1.54, 1.807) is 30.3 Å². The average molecular weight is 602 g/mol. The molecule has 15 heteroatoms. The maximum Gasteiger partial charge on any atom is 0.416 e. The molecule has 0 radical (unpaired) electrons. The highest BCUT2D eigenvalue weighted by Gasteiger charge is 2.37. The van der Waals surface area contributed by atoms with Gasteiger partial charge >= 0.3 is 12.4 Å². The Morgan fingerprint density at radius 2 is 1.57 bits per heavy atom. The zero-order valence-corrected chi connectivity index (χ0v) is 21.6. The molecule has 2 aromatic carbocycles. The van der Waals surface area contributed by atoms with E-state index < -0.39 is 30.0 Å². The Bertz CT molecular complexity index is 1890. The summed E-state index contributed by atoms with van der Waals surface area (Å²) in [4.78, 5) is 12.8. The van der Waals surface area contributed by atoms with Crippen LogP contribution in [0.3, 0.4) is 0 Å². The Morgan fingerprint density at radius 3 is 2.24 bits per heavy atom. The van der Waals surface area contributed by atoms with Crippen molar-refractivity contribution in [1.82, 2.24) is 35.1 Å². The lowest BCUT2D eigenvalue weighted by molar-refractivity contribution is -0.143. The fourth-order valence-electron chi connectivity index (χ4n) is 4.44. The Labute approximate surface area is 236 Å². The van der Waals surface area contributed by atoms with Crippen molar-refractivity contribution in [1.29, 1.82) is 0 Å². The van der Waals surface area contributed by atoms with Crippen LogP contribution in [0.15, 0.2) is 77.8 Å². The number of hydrogen-bond acceptors (Lipinski definition) is 7. The van der Waals surface area contributed by atoms with E-state index in [0.717, 1.165) is 4.68 Å². The van der Waals surface area contributed by atoms with Gasteiger partial charge in [-0.3, -0.25) is 15.0 Å². The fourth-order valence-corrected chi connectivity index (χ4v) is 4.66. The molecule has 0 bridgehead atoms. The van der Waals surface area contributed by atoms with E-state index in [-0.39, 0.29) is 40.2 Å². The molecule has 0 aliphatic heterocycles. The van der Waals surface area contributed by atoms with Crippen LogP contribution in [0, 0.1) is 0 Å². The molecule has 0 saturated heterocycles. The Kier molecular flexibility index (Phi) is 6.64. The first-order valence-corrected chi connectivity index (χ1v) is 12.4. The SMILES string of the molecule is FC(F)(F)c1cc(Cn2nnc(-c3nccc4noc(-c5ccccc5Cl)c34)c2-c2cnccn2)cc(C(F)(F)F)c1. The van der Waals surface area contributed by atoms with Gasteiger partial charge in [-0.15, -0.1) is 5.10 Å². The van der Waals surface area contributed by atoms with Crippen LogP contribution in [-0.2, 0) is 18.9 Å². The second-order valence-corrected chi connectivity index (χ2v) is 9.40. The summed E-state index contributed by atoms with van der Waals surface area (Å²) in [5.41, 5.74) is -1.66. The smallest absolute Gasteiger partial charge is 0.355 e. The van der Waals surface area contributed by atoms with Gasteiger partial charge in [0.05, 0.1) is 34.3 Å². The summed E-state index contributed by atoms with van der Waals surface area (Å²) in [6, 6.07) is 9.77. The highest BCUT2D eigenvalue weighted by Crippen LogP contribution is 2.40. The van der Waals surface area contributed by atoms with Crippen molar-refractivity contribution in [3.63, 3.8) is 0 Å². The number of hydrogen-bond donors (Lipinski definition) is 0. The second-order valence-electron chi connectivity index (χ2n) is 8.99. The normalized spacial score (nSPS) is 12.3. The topological polar surface area (TPSA) is 95.4 Å². The maximum atomic E-state index is 13.5. The molecule has 0 unspecified atom stereocenters. The van der Waals surface area contributed by atoms with E-state index in [9.17, 15) is 26.3 Å². The molecule has 0 fully saturated rings. The first-order valence-electron chi connectivity index (χ1n) is 12.0. The molecule has 6 rings (SSSR count). The van der Waals surface area contributed by atoms with Gasteiger partial charge in [0.25, 0.3) is 0 Å². The van der Waals surface area contributed by atoms with Crippen molar-refractivity contribution in [2.24, 2.45) is 0 Å². The molecule has 0 N–H and O–H groups in total. The third-order valence-electron chi connectivity index (χ3n) is 6.25. The van der Waals surface area contributed by atoms with Crippen LogP contribution < -0.4 is 0 Å². The number of benzene rings is 2. The molecule has 8 nitrogen and oxygen atoms in total. The zero-order chi connectivity index (χ0) is 29.6. The average Bonchev–Trinajstić information content (AvgIpc) is 3.57. The number of halogens is 7. The Morgan fingerprint density at radius 1 is 0.833 bits per heavy atom. The molecule has 4 heterocycles. The lowest BCUT2D eigenvalue weighted by Gasteiger charge is -2.15. The second kappa shape index (κ2) is 10.2. The largest absolute Gasteiger partial charge is 0.416 e. The van der Waals surface area contributed by atoms with Gasteiger partial charge in [-0.05, 0) is 42.0 Å². The van der Waals surface area contributed by atoms with E-state index in [2.05, 4.69) is 30.4 Å². The van der Waals surface area contributed by atoms with Crippen molar-refractivity contribution in [2.75, 3.05) is 0 Å². The lowest BCUT2D eigenvalue weighted by Crippen LogP contribution is -2.13. The van der Waals surface area contributed by atoms with E-state index in [4.69, 9.17) is 16.1 Å². The molecule has 0 saturated carbocycles. The molecule has 0 spiro atoms. The highest BCUT2D eigenvalue weighted by molar-refractivity contribution is 6.33. The standard InChI is InChI=1S/C27H14ClF6N7O/c28-18-4-2-1-3-17(18)25-21-19(39-42-25)5-6-37-22(21)23-24(20-12-35-7-8-36-20)41(40-38-23)13-14-9-15(26(29,30)31)11-16(10-14)27(32,33)34/h1-12H,13H2. The van der Waals surface area contributed by atoms with E-state index in [0.29, 0.717) is 33.6 Å². The minimum absolute atomic E-state index is 0.0621. The minimum atomic E-state index is -5.01. The van der Waals surface area contributed by atoms with E-state index in [1.165, 1.54) is 24.8 Å². The van der Waals surface area contributed by atoms with Gasteiger partial charge in [-0.2, -0.15) is 26.3 Å². The maximum absolute atomic E-state index is 13.5. The molecule has 0 aliphatic carbocycles. The van der Waals surface area contributed by atoms with Crippen molar-refractivity contribution < 1.29 is 30.9 Å². The number of rotatable bonds is 5. The third kappa shape index (κ3) is 5.04. The molecule has 4 aromatic heterocycles. The van der Waals surface area contributed by atoms with Crippen molar-refractivity contribution in [2.45, 2.75) is 18.9 Å². The summed E-state index contributed by atoms with van der Waals surface area (Å²) >= 11 is 6.41. The molecule has 0 amide bonds. The molecular formula is C27H14ClF6N7O. The molecular weight excluding hydrogens is 588 g/mol. The van der Waals surface area contributed by atoms with Gasteiger partial charge in [-0.25, -0.2) is 4.68 Å². The van der Waals surface area contributed by atoms with Crippen molar-refractivity contribution in [3.05, 3.63) is 95.0 Å². The summed E-state index contributed by atoms with van der Waals surface area (Å²) in [6.07, 6.45) is -4.47. The van der Waals surface area contributed by atoms with Crippen LogP contribution in [0.5, 0.6) is 0 Å². The van der Waals surface area contributed by atoms with Crippen molar-refractivity contribution >= 4 is 22.5 Å². The predicted molar refractivity (Wildman–Crippen MR) is 138 cm³/mol. The lowest BCUT2D eigenvalue weighted by atomic mass is 10.0. The van der Waals surface area contributed by atoms with Gasteiger partial charge < -0.3 is 4.52 Å². The zero-order valence-electron chi connectivity index (χ0n) is 20.8. The minimum Gasteiger partial charge on any atom is -0.355 e. The monoisotopic (exact) mass is 601 g/mol. The third-order valence-corrected chi connectivity index (χ3v) is 6.58. The highest BCUT2D eigenvalue weighted by atomic mass is 35.5. The van der Waals surface area contributed by atoms with Crippen LogP contribution in [0.2, 0.25) is 5.02 Å². The van der Waals surface area contributed by atoms with E-state index in [1.807, 2.05) is 0 Å². The van der Waals surface area contributed by atoms with Crippen molar-refractivity contribution in [3.8, 4) is 34.1 Å². The Balaban J connectivity index is 1.55. The summed E-state index contributed by atoms with van der Waals surface area (Å²) < 4.78 is 87.8. The predicted octanol–water partition coefficient (Wildman–Crippen LogP) is 7.34. The van der Waals surface area contributed by atoms with Crippen LogP contribution in [-0.4, -0.2) is 35.1 Å². The molecule has 6 aromatic rings. The Hall–Kier alpha value is -4.85. The quantitative estimate of drug-likeness (QED) is 0.191. The number of fused-ring (bicyclic) bond motifs is 1.